The molecule has 1 aromatic rings. The number of halogens is 1. The molecule has 1 heterocycles. The van der Waals surface area contributed by atoms with Gasteiger partial charge in [0.05, 0.1) is 10.7 Å². The van der Waals surface area contributed by atoms with E-state index in [9.17, 15) is 4.79 Å². The number of benzene rings is 1. The SMILES string of the molecule is CN1CCNCC1C(=O)Nc1ccccc1Cl. The van der Waals surface area contributed by atoms with E-state index in [1.807, 2.05) is 24.1 Å². The van der Waals surface area contributed by atoms with E-state index in [-0.39, 0.29) is 11.9 Å². The molecule has 1 saturated heterocycles. The lowest BCUT2D eigenvalue weighted by Crippen LogP contribution is -2.54. The van der Waals surface area contributed by atoms with E-state index in [4.69, 9.17) is 11.6 Å². The van der Waals surface area contributed by atoms with Crippen LogP contribution < -0.4 is 10.6 Å². The van der Waals surface area contributed by atoms with Gasteiger partial charge in [-0.2, -0.15) is 0 Å². The molecule has 1 aliphatic heterocycles. The molecule has 1 unspecified atom stereocenters. The second-order valence-electron chi connectivity index (χ2n) is 4.17. The third kappa shape index (κ3) is 2.97. The summed E-state index contributed by atoms with van der Waals surface area (Å²) >= 11 is 6.00. The first-order chi connectivity index (χ1) is 8.18. The van der Waals surface area contributed by atoms with Gasteiger partial charge in [-0.05, 0) is 19.2 Å². The predicted octanol–water partition coefficient (Wildman–Crippen LogP) is 1.18. The number of carbonyl (C=O) groups is 1. The third-order valence-corrected chi connectivity index (χ3v) is 3.27. The fraction of sp³-hybridized carbons (Fsp3) is 0.417. The standard InChI is InChI=1S/C12H16ClN3O/c1-16-7-6-14-8-11(16)12(17)15-10-5-3-2-4-9(10)13/h2-5,11,14H,6-8H2,1H3,(H,15,17). The number of hydrogen-bond acceptors (Lipinski definition) is 3. The fourth-order valence-corrected chi connectivity index (χ4v) is 2.06. The molecule has 0 aromatic heterocycles. The molecule has 5 heteroatoms. The Bertz CT molecular complexity index is 410. The summed E-state index contributed by atoms with van der Waals surface area (Å²) in [6.07, 6.45) is 0. The molecule has 1 fully saturated rings. The Morgan fingerprint density at radius 3 is 3.00 bits per heavy atom. The Morgan fingerprint density at radius 1 is 1.53 bits per heavy atom. The number of likely N-dealkylation sites (N-methyl/N-ethyl adjacent to an activating group) is 1. The molecule has 1 aromatic carbocycles. The number of para-hydroxylation sites is 1. The van der Waals surface area contributed by atoms with Crippen molar-refractivity contribution < 1.29 is 4.79 Å². The lowest BCUT2D eigenvalue weighted by Gasteiger charge is -2.31. The van der Waals surface area contributed by atoms with Crippen LogP contribution in [0, 0.1) is 0 Å². The Morgan fingerprint density at radius 2 is 2.29 bits per heavy atom. The van der Waals surface area contributed by atoms with Crippen LogP contribution in [0.25, 0.3) is 0 Å². The van der Waals surface area contributed by atoms with Crippen molar-refractivity contribution >= 4 is 23.2 Å². The summed E-state index contributed by atoms with van der Waals surface area (Å²) in [5.41, 5.74) is 0.665. The smallest absolute Gasteiger partial charge is 0.243 e. The maximum absolute atomic E-state index is 12.1. The number of carbonyl (C=O) groups excluding carboxylic acids is 1. The van der Waals surface area contributed by atoms with Crippen molar-refractivity contribution in [2.24, 2.45) is 0 Å². The van der Waals surface area contributed by atoms with E-state index in [1.54, 1.807) is 12.1 Å². The quantitative estimate of drug-likeness (QED) is 0.832. The van der Waals surface area contributed by atoms with Gasteiger partial charge in [0.15, 0.2) is 0 Å². The van der Waals surface area contributed by atoms with Crippen molar-refractivity contribution in [2.45, 2.75) is 6.04 Å². The average molecular weight is 254 g/mol. The van der Waals surface area contributed by atoms with Crippen LogP contribution in [0.4, 0.5) is 5.69 Å². The predicted molar refractivity (Wildman–Crippen MR) is 69.4 cm³/mol. The second-order valence-corrected chi connectivity index (χ2v) is 4.58. The van der Waals surface area contributed by atoms with Crippen molar-refractivity contribution in [3.05, 3.63) is 29.3 Å². The maximum atomic E-state index is 12.1. The molecule has 0 radical (unpaired) electrons. The van der Waals surface area contributed by atoms with Gasteiger partial charge in [-0.1, -0.05) is 23.7 Å². The molecule has 0 bridgehead atoms. The van der Waals surface area contributed by atoms with Gasteiger partial charge < -0.3 is 10.6 Å². The molecule has 0 spiro atoms. The van der Waals surface area contributed by atoms with E-state index < -0.39 is 0 Å². The minimum atomic E-state index is -0.139. The summed E-state index contributed by atoms with van der Waals surface area (Å²) in [7, 11) is 1.96. The largest absolute Gasteiger partial charge is 0.323 e. The summed E-state index contributed by atoms with van der Waals surface area (Å²) in [6.45, 7) is 2.47. The lowest BCUT2D eigenvalue weighted by atomic mass is 10.2. The summed E-state index contributed by atoms with van der Waals surface area (Å²) in [5.74, 6) is -0.0206. The van der Waals surface area contributed by atoms with Crippen LogP contribution in [0.3, 0.4) is 0 Å². The van der Waals surface area contributed by atoms with Crippen LogP contribution >= 0.6 is 11.6 Å². The van der Waals surface area contributed by atoms with E-state index in [1.165, 1.54) is 0 Å². The highest BCUT2D eigenvalue weighted by Gasteiger charge is 2.25. The van der Waals surface area contributed by atoms with Crippen LogP contribution in [0.5, 0.6) is 0 Å². The summed E-state index contributed by atoms with van der Waals surface area (Å²) in [4.78, 5) is 14.1. The van der Waals surface area contributed by atoms with E-state index >= 15 is 0 Å². The minimum absolute atomic E-state index is 0.0206. The van der Waals surface area contributed by atoms with Crippen molar-refractivity contribution in [2.75, 3.05) is 32.0 Å². The highest BCUT2D eigenvalue weighted by atomic mass is 35.5. The Kier molecular flexibility index (Phi) is 3.99. The minimum Gasteiger partial charge on any atom is -0.323 e. The van der Waals surface area contributed by atoms with E-state index in [2.05, 4.69) is 10.6 Å². The van der Waals surface area contributed by atoms with E-state index in [0.717, 1.165) is 13.1 Å². The number of piperazine rings is 1. The fourth-order valence-electron chi connectivity index (χ4n) is 1.88. The Balaban J connectivity index is 2.03. The van der Waals surface area contributed by atoms with Gasteiger partial charge in [-0.3, -0.25) is 9.69 Å². The first-order valence-electron chi connectivity index (χ1n) is 5.65. The molecule has 92 valence electrons. The van der Waals surface area contributed by atoms with Gasteiger partial charge >= 0.3 is 0 Å². The van der Waals surface area contributed by atoms with Gasteiger partial charge in [0.2, 0.25) is 5.91 Å². The molecule has 1 atom stereocenters. The van der Waals surface area contributed by atoms with Crippen LogP contribution in [-0.2, 0) is 4.79 Å². The second kappa shape index (κ2) is 5.49. The zero-order valence-electron chi connectivity index (χ0n) is 9.74. The van der Waals surface area contributed by atoms with Gasteiger partial charge in [0, 0.05) is 19.6 Å². The van der Waals surface area contributed by atoms with Crippen LogP contribution in [-0.4, -0.2) is 43.5 Å². The first kappa shape index (κ1) is 12.4. The Labute approximate surface area is 106 Å². The Hall–Kier alpha value is -1.10. The number of rotatable bonds is 2. The third-order valence-electron chi connectivity index (χ3n) is 2.95. The van der Waals surface area contributed by atoms with Gasteiger partial charge in [-0.25, -0.2) is 0 Å². The van der Waals surface area contributed by atoms with Crippen LogP contribution in [0.15, 0.2) is 24.3 Å². The number of amides is 1. The highest BCUT2D eigenvalue weighted by molar-refractivity contribution is 6.33. The van der Waals surface area contributed by atoms with Crippen LogP contribution in [0.2, 0.25) is 5.02 Å². The number of nitrogens with zero attached hydrogens (tertiary/aromatic N) is 1. The molecule has 2 rings (SSSR count). The molecule has 4 nitrogen and oxygen atoms in total. The van der Waals surface area contributed by atoms with Gasteiger partial charge in [-0.15, -0.1) is 0 Å². The molecule has 17 heavy (non-hydrogen) atoms. The zero-order chi connectivity index (χ0) is 12.3. The van der Waals surface area contributed by atoms with Gasteiger partial charge in [0.25, 0.3) is 0 Å². The summed E-state index contributed by atoms with van der Waals surface area (Å²) in [6, 6.07) is 7.12. The zero-order valence-corrected chi connectivity index (χ0v) is 10.5. The molecule has 1 amide bonds. The van der Waals surface area contributed by atoms with Crippen molar-refractivity contribution in [1.82, 2.24) is 10.2 Å². The summed E-state index contributed by atoms with van der Waals surface area (Å²) < 4.78 is 0. The number of anilines is 1. The lowest BCUT2D eigenvalue weighted by molar-refractivity contribution is -0.121. The first-order valence-corrected chi connectivity index (χ1v) is 6.02. The van der Waals surface area contributed by atoms with Crippen molar-refractivity contribution in [1.29, 1.82) is 0 Å². The molecule has 0 saturated carbocycles. The number of nitrogens with one attached hydrogen (secondary N) is 2. The van der Waals surface area contributed by atoms with E-state index in [0.29, 0.717) is 17.3 Å². The van der Waals surface area contributed by atoms with Crippen molar-refractivity contribution in [3.8, 4) is 0 Å². The molecule has 0 aliphatic carbocycles. The summed E-state index contributed by atoms with van der Waals surface area (Å²) in [5, 5.41) is 6.63. The molecular weight excluding hydrogens is 238 g/mol. The van der Waals surface area contributed by atoms with Crippen molar-refractivity contribution in [3.63, 3.8) is 0 Å². The van der Waals surface area contributed by atoms with Gasteiger partial charge in [0.1, 0.15) is 6.04 Å². The normalized spacial score (nSPS) is 21.2. The van der Waals surface area contributed by atoms with Crippen LogP contribution in [0.1, 0.15) is 0 Å². The molecular formula is C12H16ClN3O. The monoisotopic (exact) mass is 253 g/mol. The number of hydrogen-bond donors (Lipinski definition) is 2. The highest BCUT2D eigenvalue weighted by Crippen LogP contribution is 2.20. The maximum Gasteiger partial charge on any atom is 0.243 e. The molecule has 2 N–H and O–H groups in total. The average Bonchev–Trinajstić information content (AvgIpc) is 2.32. The molecule has 1 aliphatic rings. The topological polar surface area (TPSA) is 44.4 Å².